The average Bonchev–Trinajstić information content (AvgIpc) is 3.20. The molecule has 8 nitrogen and oxygen atoms in total. The zero-order valence-electron chi connectivity index (χ0n) is 16.1. The molecular weight excluding hydrogens is 421 g/mol. The first kappa shape index (κ1) is 20.8. The van der Waals surface area contributed by atoms with Crippen LogP contribution in [-0.4, -0.2) is 47.4 Å². The molecule has 11 heteroatoms. The average molecular weight is 438 g/mol. The molecule has 164 valence electrons. The Morgan fingerprint density at radius 1 is 1.32 bits per heavy atom. The summed E-state index contributed by atoms with van der Waals surface area (Å²) in [6, 6.07) is 6.06. The summed E-state index contributed by atoms with van der Waals surface area (Å²) >= 11 is 0. The van der Waals surface area contributed by atoms with Crippen LogP contribution in [0, 0.1) is 0 Å². The van der Waals surface area contributed by atoms with Gasteiger partial charge in [-0.3, -0.25) is 14.5 Å². The van der Waals surface area contributed by atoms with E-state index < -0.39 is 46.9 Å². The number of carbonyl (C=O) groups is 2. The number of halogens is 3. The van der Waals surface area contributed by atoms with Gasteiger partial charge in [0.2, 0.25) is 11.2 Å². The summed E-state index contributed by atoms with van der Waals surface area (Å²) in [4.78, 5) is 37.0. The Labute approximate surface area is 173 Å². The third kappa shape index (κ3) is 3.11. The quantitative estimate of drug-likeness (QED) is 0.705. The smallest absolute Gasteiger partial charge is 0.471 e. The number of aromatic hydroxyl groups is 1. The number of amides is 1. The number of nitrogens with one attached hydrogen (secondary N) is 1. The molecule has 0 radical (unpaired) electrons. The third-order valence-electron chi connectivity index (χ3n) is 5.80. The largest absolute Gasteiger partial charge is 0.502 e. The molecule has 0 spiro atoms. The first-order valence-electron chi connectivity index (χ1n) is 9.23. The zero-order valence-corrected chi connectivity index (χ0v) is 16.1. The second-order valence-electron chi connectivity index (χ2n) is 7.44. The highest BCUT2D eigenvalue weighted by molar-refractivity contribution is 5.90. The molecule has 1 aromatic heterocycles. The van der Waals surface area contributed by atoms with Gasteiger partial charge in [0.15, 0.2) is 0 Å². The topological polar surface area (TPSA) is 109 Å². The van der Waals surface area contributed by atoms with Crippen LogP contribution in [0.5, 0.6) is 5.75 Å². The van der Waals surface area contributed by atoms with Crippen LogP contribution in [0.25, 0.3) is 0 Å². The fraction of sp³-hybridized carbons (Fsp3) is 0.350. The highest BCUT2D eigenvalue weighted by Gasteiger charge is 2.64. The maximum Gasteiger partial charge on any atom is 0.471 e. The Balaban J connectivity index is 1.90. The monoisotopic (exact) mass is 438 g/mol. The van der Waals surface area contributed by atoms with Gasteiger partial charge in [-0.2, -0.15) is 13.2 Å². The van der Waals surface area contributed by atoms with Crippen molar-refractivity contribution in [3.05, 3.63) is 58.1 Å². The molecule has 0 aliphatic carbocycles. The molecule has 1 saturated heterocycles. The molecule has 0 saturated carbocycles. The molecule has 3 heterocycles. The normalized spacial score (nSPS) is 24.3. The predicted molar refractivity (Wildman–Crippen MR) is 99.2 cm³/mol. The molecule has 1 fully saturated rings. The number of anilines is 1. The summed E-state index contributed by atoms with van der Waals surface area (Å²) in [5, 5.41) is 13.1. The number of methoxy groups -OCH3 is 1. The fourth-order valence-corrected chi connectivity index (χ4v) is 4.52. The standard InChI is InChI=1S/C20H17F3N2O6/c1-30-16(28)12-8-19(9-14-15(27)13(26)6-7-31-14)10-4-2-3-5-11(10)24-17(19)25(12)18(29)20(21,22)23/h2-7,12,17,24,27H,8-9H2,1H3/t12-,17-,19+/m0/s1. The van der Waals surface area contributed by atoms with E-state index in [-0.39, 0.29) is 18.6 Å². The molecule has 2 aromatic rings. The number of alkyl halides is 3. The second kappa shape index (κ2) is 7.03. The number of hydrogen-bond acceptors (Lipinski definition) is 7. The Morgan fingerprint density at radius 3 is 2.71 bits per heavy atom. The van der Waals surface area contributed by atoms with Gasteiger partial charge in [-0.1, -0.05) is 18.2 Å². The SMILES string of the molecule is COC(=O)[C@@H]1C[C@@]2(Cc3occc(=O)c3O)c3ccccc3N[C@H]2N1C(=O)C(F)(F)F. The van der Waals surface area contributed by atoms with Gasteiger partial charge in [0.25, 0.3) is 0 Å². The van der Waals surface area contributed by atoms with Crippen molar-refractivity contribution in [2.45, 2.75) is 36.6 Å². The van der Waals surface area contributed by atoms with E-state index in [1.54, 1.807) is 24.3 Å². The maximum atomic E-state index is 13.4. The van der Waals surface area contributed by atoms with Crippen LogP contribution >= 0.6 is 0 Å². The Hall–Kier alpha value is -3.50. The van der Waals surface area contributed by atoms with Crippen molar-refractivity contribution in [3.8, 4) is 5.75 Å². The van der Waals surface area contributed by atoms with Crippen LogP contribution in [0.1, 0.15) is 17.7 Å². The van der Waals surface area contributed by atoms with Crippen LogP contribution in [-0.2, 0) is 26.2 Å². The summed E-state index contributed by atoms with van der Waals surface area (Å²) < 4.78 is 50.2. The van der Waals surface area contributed by atoms with E-state index in [4.69, 9.17) is 4.42 Å². The molecular formula is C20H17F3N2O6. The minimum absolute atomic E-state index is 0.166. The van der Waals surface area contributed by atoms with Gasteiger partial charge in [0.1, 0.15) is 18.0 Å². The van der Waals surface area contributed by atoms with E-state index in [0.717, 1.165) is 19.4 Å². The van der Waals surface area contributed by atoms with E-state index in [1.165, 1.54) is 0 Å². The van der Waals surface area contributed by atoms with Crippen LogP contribution in [0.15, 0.2) is 45.8 Å². The van der Waals surface area contributed by atoms with Gasteiger partial charge in [-0.25, -0.2) is 4.79 Å². The second-order valence-corrected chi connectivity index (χ2v) is 7.44. The minimum atomic E-state index is -5.24. The lowest BCUT2D eigenvalue weighted by Crippen LogP contribution is -2.54. The van der Waals surface area contributed by atoms with Crippen molar-refractivity contribution in [3.63, 3.8) is 0 Å². The van der Waals surface area contributed by atoms with Crippen LogP contribution < -0.4 is 10.7 Å². The highest BCUT2D eigenvalue weighted by atomic mass is 19.4. The van der Waals surface area contributed by atoms with Crippen molar-refractivity contribution in [1.82, 2.24) is 4.90 Å². The summed E-state index contributed by atoms with van der Waals surface area (Å²) in [5.41, 5.74) is -1.03. The van der Waals surface area contributed by atoms with E-state index >= 15 is 0 Å². The van der Waals surface area contributed by atoms with E-state index in [2.05, 4.69) is 10.1 Å². The summed E-state index contributed by atoms with van der Waals surface area (Å²) in [7, 11) is 1.02. The maximum absolute atomic E-state index is 13.4. The van der Waals surface area contributed by atoms with Crippen molar-refractivity contribution in [2.24, 2.45) is 0 Å². The summed E-state index contributed by atoms with van der Waals surface area (Å²) in [6.45, 7) is 0. The van der Waals surface area contributed by atoms with E-state index in [1.807, 2.05) is 0 Å². The molecule has 4 rings (SSSR count). The highest BCUT2D eigenvalue weighted by Crippen LogP contribution is 2.54. The minimum Gasteiger partial charge on any atom is -0.502 e. The Morgan fingerprint density at radius 2 is 2.03 bits per heavy atom. The number of para-hydroxylation sites is 1. The number of hydrogen-bond donors (Lipinski definition) is 2. The summed E-state index contributed by atoms with van der Waals surface area (Å²) in [5.74, 6) is -4.06. The number of ether oxygens (including phenoxy) is 1. The number of esters is 1. The molecule has 2 aliphatic rings. The number of fused-ring (bicyclic) bond motifs is 3. The lowest BCUT2D eigenvalue weighted by atomic mass is 9.74. The number of rotatable bonds is 3. The fourth-order valence-electron chi connectivity index (χ4n) is 4.52. The van der Waals surface area contributed by atoms with Crippen LogP contribution in [0.4, 0.5) is 18.9 Å². The molecule has 1 aromatic carbocycles. The van der Waals surface area contributed by atoms with Crippen molar-refractivity contribution < 1.29 is 37.0 Å². The van der Waals surface area contributed by atoms with Gasteiger partial charge >= 0.3 is 18.1 Å². The number of benzene rings is 1. The lowest BCUT2D eigenvalue weighted by Gasteiger charge is -2.33. The molecule has 1 amide bonds. The third-order valence-corrected chi connectivity index (χ3v) is 5.80. The molecule has 2 N–H and O–H groups in total. The van der Waals surface area contributed by atoms with Gasteiger partial charge in [0.05, 0.1) is 13.4 Å². The molecule has 0 unspecified atom stereocenters. The Kier molecular flexibility index (Phi) is 4.71. The van der Waals surface area contributed by atoms with Gasteiger partial charge in [-0.15, -0.1) is 0 Å². The number of nitrogens with zero attached hydrogens (tertiary/aromatic N) is 1. The molecule has 2 aliphatic heterocycles. The van der Waals surface area contributed by atoms with E-state index in [9.17, 15) is 32.7 Å². The Bertz CT molecular complexity index is 1110. The first-order chi connectivity index (χ1) is 14.6. The van der Waals surface area contributed by atoms with Crippen molar-refractivity contribution >= 4 is 17.6 Å². The predicted octanol–water partition coefficient (Wildman–Crippen LogP) is 1.91. The van der Waals surface area contributed by atoms with Gasteiger partial charge in [-0.05, 0) is 18.1 Å². The lowest BCUT2D eigenvalue weighted by molar-refractivity contribution is -0.190. The zero-order chi connectivity index (χ0) is 22.6. The van der Waals surface area contributed by atoms with Crippen LogP contribution in [0.2, 0.25) is 0 Å². The van der Waals surface area contributed by atoms with Crippen molar-refractivity contribution in [2.75, 3.05) is 12.4 Å². The van der Waals surface area contributed by atoms with E-state index in [0.29, 0.717) is 16.2 Å². The summed E-state index contributed by atoms with van der Waals surface area (Å²) in [6.07, 6.45) is -5.95. The number of carbonyl (C=O) groups excluding carboxylic acids is 2. The first-order valence-corrected chi connectivity index (χ1v) is 9.23. The van der Waals surface area contributed by atoms with Crippen LogP contribution in [0.3, 0.4) is 0 Å². The van der Waals surface area contributed by atoms with Gasteiger partial charge in [0, 0.05) is 23.6 Å². The molecule has 31 heavy (non-hydrogen) atoms. The molecule has 3 atom stereocenters. The number of likely N-dealkylation sites (tertiary alicyclic amines) is 1. The van der Waals surface area contributed by atoms with Crippen molar-refractivity contribution in [1.29, 1.82) is 0 Å². The van der Waals surface area contributed by atoms with Gasteiger partial charge < -0.3 is 19.6 Å². The molecule has 0 bridgehead atoms.